The zero-order chi connectivity index (χ0) is 22.1. The predicted octanol–water partition coefficient (Wildman–Crippen LogP) is 2.08. The molecule has 160 valence electrons. The number of nitrogens with one attached hydrogen (secondary N) is 2. The van der Waals surface area contributed by atoms with E-state index in [1.54, 1.807) is 38.1 Å². The second-order valence-corrected chi connectivity index (χ2v) is 8.83. The molecule has 0 spiro atoms. The molecule has 0 saturated heterocycles. The van der Waals surface area contributed by atoms with E-state index in [1.807, 2.05) is 0 Å². The molecule has 0 saturated carbocycles. The van der Waals surface area contributed by atoms with Gasteiger partial charge < -0.3 is 14.5 Å². The Morgan fingerprint density at radius 1 is 1.13 bits per heavy atom. The maximum absolute atomic E-state index is 12.9. The van der Waals surface area contributed by atoms with Gasteiger partial charge in [-0.15, -0.1) is 0 Å². The molecular weight excluding hydrogens is 410 g/mol. The van der Waals surface area contributed by atoms with E-state index in [1.165, 1.54) is 36.9 Å². The molecule has 0 fully saturated rings. The van der Waals surface area contributed by atoms with Crippen molar-refractivity contribution in [1.29, 1.82) is 0 Å². The maximum Gasteiger partial charge on any atom is 0.419 e. The lowest BCUT2D eigenvalue weighted by molar-refractivity contribution is -0.118. The molecule has 1 atom stereocenters. The molecule has 0 aliphatic rings. The van der Waals surface area contributed by atoms with E-state index in [2.05, 4.69) is 10.0 Å². The monoisotopic (exact) mass is 433 g/mol. The number of hydrogen-bond donors (Lipinski definition) is 2. The highest BCUT2D eigenvalue weighted by atomic mass is 32.2. The highest BCUT2D eigenvalue weighted by molar-refractivity contribution is 7.89. The number of nitrogens with zero attached hydrogens (tertiary/aromatic N) is 1. The molecule has 0 bridgehead atoms. The van der Waals surface area contributed by atoms with E-state index < -0.39 is 27.7 Å². The van der Waals surface area contributed by atoms with Gasteiger partial charge in [-0.1, -0.05) is 13.8 Å². The molecule has 0 aliphatic heterocycles. The lowest BCUT2D eigenvalue weighted by atomic mass is 10.0. The number of sulfonamides is 1. The smallest absolute Gasteiger partial charge is 0.419 e. The van der Waals surface area contributed by atoms with Crippen molar-refractivity contribution in [3.05, 3.63) is 53.0 Å². The van der Waals surface area contributed by atoms with Gasteiger partial charge in [0.25, 0.3) is 0 Å². The number of fused-ring (bicyclic) bond motifs is 1. The maximum atomic E-state index is 12.9. The standard InChI is InChI=1S/C20H23N3O6S/c1-12(2)18(19(24)21-13-5-7-14(28-4)8-6-13)22-30(26,27)15-9-10-16-17(11-15)29-20(25)23(16)3/h5-12,18,22H,1-4H3,(H,21,24). The quantitative estimate of drug-likeness (QED) is 0.589. The average Bonchev–Trinajstić information content (AvgIpc) is 2.99. The van der Waals surface area contributed by atoms with Crippen molar-refractivity contribution in [1.82, 2.24) is 9.29 Å². The molecule has 3 aromatic rings. The van der Waals surface area contributed by atoms with Gasteiger partial charge in [-0.05, 0) is 42.3 Å². The fourth-order valence-electron chi connectivity index (χ4n) is 2.90. The van der Waals surface area contributed by atoms with Crippen LogP contribution in [0.5, 0.6) is 5.75 Å². The summed E-state index contributed by atoms with van der Waals surface area (Å²) in [5.74, 6) is -0.772. The first kappa shape index (κ1) is 21.6. The number of hydrogen-bond acceptors (Lipinski definition) is 6. The number of anilines is 1. The predicted molar refractivity (Wildman–Crippen MR) is 112 cm³/mol. The number of aromatic nitrogens is 1. The van der Waals surface area contributed by atoms with Gasteiger partial charge in [0.2, 0.25) is 15.9 Å². The summed E-state index contributed by atoms with van der Waals surface area (Å²) >= 11 is 0. The van der Waals surface area contributed by atoms with Crippen LogP contribution in [0.2, 0.25) is 0 Å². The molecule has 0 aliphatic carbocycles. The Balaban J connectivity index is 1.83. The molecule has 9 nitrogen and oxygen atoms in total. The number of benzene rings is 2. The minimum atomic E-state index is -4.05. The summed E-state index contributed by atoms with van der Waals surface area (Å²) in [5.41, 5.74) is 1.13. The Morgan fingerprint density at radius 2 is 1.80 bits per heavy atom. The first-order valence-electron chi connectivity index (χ1n) is 9.19. The fraction of sp³-hybridized carbons (Fsp3) is 0.300. The minimum Gasteiger partial charge on any atom is -0.497 e. The van der Waals surface area contributed by atoms with Gasteiger partial charge in [-0.3, -0.25) is 9.36 Å². The number of ether oxygens (including phenoxy) is 1. The largest absolute Gasteiger partial charge is 0.497 e. The lowest BCUT2D eigenvalue weighted by Gasteiger charge is -2.21. The van der Waals surface area contributed by atoms with E-state index in [-0.39, 0.29) is 16.4 Å². The highest BCUT2D eigenvalue weighted by Crippen LogP contribution is 2.20. The normalized spacial score (nSPS) is 12.8. The summed E-state index contributed by atoms with van der Waals surface area (Å²) in [4.78, 5) is 24.3. The van der Waals surface area contributed by atoms with Crippen molar-refractivity contribution < 1.29 is 22.4 Å². The van der Waals surface area contributed by atoms with E-state index in [0.29, 0.717) is 17.0 Å². The Labute approximate surface area is 173 Å². The molecule has 2 N–H and O–H groups in total. The molecule has 0 radical (unpaired) electrons. The second-order valence-electron chi connectivity index (χ2n) is 7.12. The van der Waals surface area contributed by atoms with Gasteiger partial charge in [0.15, 0.2) is 5.58 Å². The number of carbonyl (C=O) groups excluding carboxylic acids is 1. The second kappa shape index (κ2) is 8.33. The SMILES string of the molecule is COc1ccc(NC(=O)C(NS(=O)(=O)c2ccc3c(c2)oc(=O)n3C)C(C)C)cc1. The molecular formula is C20H23N3O6S. The minimum absolute atomic E-state index is 0.104. The summed E-state index contributed by atoms with van der Waals surface area (Å²) in [6.45, 7) is 3.47. The van der Waals surface area contributed by atoms with Crippen LogP contribution in [-0.4, -0.2) is 32.0 Å². The number of aryl methyl sites for hydroxylation is 1. The van der Waals surface area contributed by atoms with Crippen molar-refractivity contribution in [2.45, 2.75) is 24.8 Å². The van der Waals surface area contributed by atoms with Crippen LogP contribution in [0.25, 0.3) is 11.1 Å². The van der Waals surface area contributed by atoms with Gasteiger partial charge in [-0.2, -0.15) is 4.72 Å². The molecule has 10 heteroatoms. The summed E-state index contributed by atoms with van der Waals surface area (Å²) < 4.78 is 39.6. The molecule has 1 amide bonds. The van der Waals surface area contributed by atoms with Crippen LogP contribution >= 0.6 is 0 Å². The fourth-order valence-corrected chi connectivity index (χ4v) is 4.26. The van der Waals surface area contributed by atoms with Crippen LogP contribution in [-0.2, 0) is 21.9 Å². The Kier molecular flexibility index (Phi) is 5.99. The van der Waals surface area contributed by atoms with Crippen LogP contribution < -0.4 is 20.5 Å². The number of rotatable bonds is 7. The van der Waals surface area contributed by atoms with Gasteiger partial charge in [0.05, 0.1) is 17.5 Å². The third-order valence-electron chi connectivity index (χ3n) is 4.66. The van der Waals surface area contributed by atoms with Crippen molar-refractivity contribution in [2.24, 2.45) is 13.0 Å². The summed E-state index contributed by atoms with van der Waals surface area (Å²) in [6.07, 6.45) is 0. The molecule has 3 rings (SSSR count). The van der Waals surface area contributed by atoms with E-state index >= 15 is 0 Å². The van der Waals surface area contributed by atoms with Gasteiger partial charge >= 0.3 is 5.76 Å². The summed E-state index contributed by atoms with van der Waals surface area (Å²) in [6, 6.07) is 9.78. The van der Waals surface area contributed by atoms with Crippen LogP contribution in [0.15, 0.2) is 56.6 Å². The van der Waals surface area contributed by atoms with Crippen molar-refractivity contribution in [3.63, 3.8) is 0 Å². The van der Waals surface area contributed by atoms with Crippen molar-refractivity contribution in [2.75, 3.05) is 12.4 Å². The number of amides is 1. The Hall–Kier alpha value is -3.11. The molecule has 2 aromatic carbocycles. The van der Waals surface area contributed by atoms with Gasteiger partial charge in [0, 0.05) is 18.8 Å². The Bertz CT molecular complexity index is 1230. The number of oxazole rings is 1. The summed E-state index contributed by atoms with van der Waals surface area (Å²) in [5, 5.41) is 2.70. The first-order valence-corrected chi connectivity index (χ1v) is 10.7. The summed E-state index contributed by atoms with van der Waals surface area (Å²) in [7, 11) is -0.986. The highest BCUT2D eigenvalue weighted by Gasteiger charge is 2.29. The number of carbonyl (C=O) groups is 1. The van der Waals surface area contributed by atoms with Crippen LogP contribution in [0, 0.1) is 5.92 Å². The van der Waals surface area contributed by atoms with Crippen LogP contribution in [0.4, 0.5) is 5.69 Å². The van der Waals surface area contributed by atoms with Crippen molar-refractivity contribution >= 4 is 32.7 Å². The first-order chi connectivity index (χ1) is 14.1. The zero-order valence-corrected chi connectivity index (χ0v) is 17.8. The topological polar surface area (TPSA) is 120 Å². The van der Waals surface area contributed by atoms with E-state index in [4.69, 9.17) is 9.15 Å². The third kappa shape index (κ3) is 4.39. The van der Waals surface area contributed by atoms with E-state index in [9.17, 15) is 18.0 Å². The Morgan fingerprint density at radius 3 is 2.40 bits per heavy atom. The van der Waals surface area contributed by atoms with Gasteiger partial charge in [0.1, 0.15) is 11.8 Å². The number of methoxy groups -OCH3 is 1. The molecule has 30 heavy (non-hydrogen) atoms. The van der Waals surface area contributed by atoms with E-state index in [0.717, 1.165) is 0 Å². The van der Waals surface area contributed by atoms with Crippen LogP contribution in [0.1, 0.15) is 13.8 Å². The third-order valence-corrected chi connectivity index (χ3v) is 6.10. The average molecular weight is 433 g/mol. The van der Waals surface area contributed by atoms with Crippen molar-refractivity contribution in [3.8, 4) is 5.75 Å². The molecule has 1 unspecified atom stereocenters. The zero-order valence-electron chi connectivity index (χ0n) is 17.0. The molecule has 1 heterocycles. The molecule has 1 aromatic heterocycles. The lowest BCUT2D eigenvalue weighted by Crippen LogP contribution is -2.47. The van der Waals surface area contributed by atoms with Crippen LogP contribution in [0.3, 0.4) is 0 Å². The van der Waals surface area contributed by atoms with Gasteiger partial charge in [-0.25, -0.2) is 13.2 Å².